The zero-order valence-electron chi connectivity index (χ0n) is 9.12. The minimum absolute atomic E-state index is 0.107. The van der Waals surface area contributed by atoms with Gasteiger partial charge in [-0.05, 0) is 30.1 Å². The number of hydrogen-bond acceptors (Lipinski definition) is 2. The molecular formula is C12H16O3. The second-order valence-corrected chi connectivity index (χ2v) is 5.23. The van der Waals surface area contributed by atoms with E-state index in [4.69, 9.17) is 5.11 Å². The number of rotatable bonds is 3. The molecule has 0 radical (unpaired) electrons. The van der Waals surface area contributed by atoms with Crippen LogP contribution in [-0.4, -0.2) is 16.9 Å². The molecular weight excluding hydrogens is 192 g/mol. The summed E-state index contributed by atoms with van der Waals surface area (Å²) in [6.45, 7) is 4.42. The third-order valence-electron chi connectivity index (χ3n) is 4.19. The largest absolute Gasteiger partial charge is 0.475 e. The highest BCUT2D eigenvalue weighted by Gasteiger charge is 2.51. The van der Waals surface area contributed by atoms with Crippen molar-refractivity contribution in [3.8, 4) is 0 Å². The molecule has 1 N–H and O–H groups in total. The average Bonchev–Trinajstić information content (AvgIpc) is 2.17. The Morgan fingerprint density at radius 2 is 2.20 bits per heavy atom. The normalized spacial score (nSPS) is 31.5. The Labute approximate surface area is 89.2 Å². The molecule has 2 atom stereocenters. The maximum atomic E-state index is 11.1. The molecule has 3 heteroatoms. The summed E-state index contributed by atoms with van der Waals surface area (Å²) < 4.78 is 0. The van der Waals surface area contributed by atoms with Crippen LogP contribution in [0.2, 0.25) is 0 Å². The molecule has 15 heavy (non-hydrogen) atoms. The molecule has 0 amide bonds. The van der Waals surface area contributed by atoms with Crippen molar-refractivity contribution in [2.45, 2.75) is 33.1 Å². The molecule has 82 valence electrons. The molecule has 0 aromatic heterocycles. The fraction of sp³-hybridized carbons (Fsp3) is 0.667. The number of allylic oxidation sites excluding steroid dienone is 2. The minimum Gasteiger partial charge on any atom is -0.475 e. The highest BCUT2D eigenvalue weighted by molar-refractivity contribution is 6.33. The second-order valence-electron chi connectivity index (χ2n) is 5.23. The van der Waals surface area contributed by atoms with Crippen molar-refractivity contribution >= 4 is 11.8 Å². The molecule has 0 aromatic carbocycles. The molecule has 3 nitrogen and oxygen atoms in total. The Morgan fingerprint density at radius 1 is 1.53 bits per heavy atom. The smallest absolute Gasteiger partial charge is 0.372 e. The lowest BCUT2D eigenvalue weighted by molar-refractivity contribution is -0.149. The Kier molecular flexibility index (Phi) is 2.21. The van der Waals surface area contributed by atoms with Gasteiger partial charge in [-0.3, -0.25) is 4.79 Å². The van der Waals surface area contributed by atoms with Crippen molar-refractivity contribution in [1.82, 2.24) is 0 Å². The highest BCUT2D eigenvalue weighted by atomic mass is 16.4. The van der Waals surface area contributed by atoms with E-state index in [0.29, 0.717) is 5.92 Å². The Hall–Kier alpha value is -1.12. The van der Waals surface area contributed by atoms with E-state index in [-0.39, 0.29) is 11.8 Å². The van der Waals surface area contributed by atoms with Crippen LogP contribution >= 0.6 is 0 Å². The Balaban J connectivity index is 2.09. The van der Waals surface area contributed by atoms with E-state index in [9.17, 15) is 9.59 Å². The van der Waals surface area contributed by atoms with E-state index in [1.54, 1.807) is 0 Å². The van der Waals surface area contributed by atoms with Crippen molar-refractivity contribution in [3.63, 3.8) is 0 Å². The standard InChI is InChI=1S/C12H16O3/c1-12(2)8-4-3-7(9(12)6-8)5-10(13)11(14)15/h3,8-9H,4-6H2,1-2H3,(H,14,15). The summed E-state index contributed by atoms with van der Waals surface area (Å²) in [5.41, 5.74) is 1.32. The summed E-state index contributed by atoms with van der Waals surface area (Å²) in [7, 11) is 0. The monoisotopic (exact) mass is 208 g/mol. The third-order valence-corrected chi connectivity index (χ3v) is 4.19. The number of ketones is 1. The lowest BCUT2D eigenvalue weighted by atomic mass is 9.48. The third kappa shape index (κ3) is 1.50. The summed E-state index contributed by atoms with van der Waals surface area (Å²) in [6, 6.07) is 0. The molecule has 3 aliphatic rings. The van der Waals surface area contributed by atoms with Crippen molar-refractivity contribution in [2.75, 3.05) is 0 Å². The van der Waals surface area contributed by atoms with Gasteiger partial charge in [0.15, 0.2) is 0 Å². The SMILES string of the molecule is CC1(C)C2CC=C(CC(=O)C(=O)O)C1C2. The maximum Gasteiger partial charge on any atom is 0.372 e. The average molecular weight is 208 g/mol. The van der Waals surface area contributed by atoms with Crippen molar-refractivity contribution < 1.29 is 14.7 Å². The molecule has 0 saturated heterocycles. The first-order valence-electron chi connectivity index (χ1n) is 5.38. The van der Waals surface area contributed by atoms with Gasteiger partial charge in [-0.15, -0.1) is 0 Å². The molecule has 0 spiro atoms. The first kappa shape index (κ1) is 10.4. The first-order valence-corrected chi connectivity index (χ1v) is 5.38. The fourth-order valence-corrected chi connectivity index (χ4v) is 2.94. The second kappa shape index (κ2) is 3.19. The first-order chi connectivity index (χ1) is 6.93. The molecule has 2 unspecified atom stereocenters. The van der Waals surface area contributed by atoms with E-state index < -0.39 is 11.8 Å². The van der Waals surface area contributed by atoms with E-state index >= 15 is 0 Å². The van der Waals surface area contributed by atoms with Crippen LogP contribution in [0.3, 0.4) is 0 Å². The van der Waals surface area contributed by atoms with E-state index in [2.05, 4.69) is 19.9 Å². The molecule has 0 aliphatic heterocycles. The maximum absolute atomic E-state index is 11.1. The van der Waals surface area contributed by atoms with Crippen LogP contribution in [0, 0.1) is 17.3 Å². The van der Waals surface area contributed by atoms with Crippen LogP contribution in [0.25, 0.3) is 0 Å². The van der Waals surface area contributed by atoms with Crippen LogP contribution in [-0.2, 0) is 9.59 Å². The minimum atomic E-state index is -1.31. The van der Waals surface area contributed by atoms with Gasteiger partial charge in [0.2, 0.25) is 5.78 Å². The molecule has 3 aliphatic carbocycles. The summed E-state index contributed by atoms with van der Waals surface area (Å²) in [6.07, 6.45) is 4.32. The molecule has 0 aromatic rings. The van der Waals surface area contributed by atoms with Crippen molar-refractivity contribution in [1.29, 1.82) is 0 Å². The van der Waals surface area contributed by atoms with E-state index in [1.165, 1.54) is 0 Å². The van der Waals surface area contributed by atoms with Gasteiger partial charge in [-0.2, -0.15) is 0 Å². The predicted molar refractivity (Wildman–Crippen MR) is 55.3 cm³/mol. The van der Waals surface area contributed by atoms with Crippen LogP contribution in [0.5, 0.6) is 0 Å². The van der Waals surface area contributed by atoms with Gasteiger partial charge < -0.3 is 5.11 Å². The molecule has 3 rings (SSSR count). The van der Waals surface area contributed by atoms with Crippen molar-refractivity contribution in [2.24, 2.45) is 17.3 Å². The number of carboxylic acid groups (broad SMARTS) is 1. The molecule has 2 bridgehead atoms. The van der Waals surface area contributed by atoms with Gasteiger partial charge in [0, 0.05) is 6.42 Å². The lowest BCUT2D eigenvalue weighted by Gasteiger charge is -2.56. The zero-order valence-corrected chi connectivity index (χ0v) is 9.12. The number of Topliss-reactive ketones (excluding diaryl/α,β-unsaturated/α-hetero) is 1. The topological polar surface area (TPSA) is 54.4 Å². The lowest BCUT2D eigenvalue weighted by Crippen LogP contribution is -2.48. The zero-order chi connectivity index (χ0) is 11.2. The number of carbonyl (C=O) groups excluding carboxylic acids is 1. The fourth-order valence-electron chi connectivity index (χ4n) is 2.94. The predicted octanol–water partition coefficient (Wildman–Crippen LogP) is 2.02. The van der Waals surface area contributed by atoms with Gasteiger partial charge in [0.25, 0.3) is 0 Å². The van der Waals surface area contributed by atoms with Crippen LogP contribution in [0.1, 0.15) is 33.1 Å². The number of hydrogen-bond donors (Lipinski definition) is 1. The van der Waals surface area contributed by atoms with Gasteiger partial charge in [-0.1, -0.05) is 25.5 Å². The van der Waals surface area contributed by atoms with Gasteiger partial charge >= 0.3 is 5.97 Å². The van der Waals surface area contributed by atoms with E-state index in [0.717, 1.165) is 24.3 Å². The number of carbonyl (C=O) groups is 2. The summed E-state index contributed by atoms with van der Waals surface area (Å²) >= 11 is 0. The van der Waals surface area contributed by atoms with E-state index in [1.807, 2.05) is 0 Å². The van der Waals surface area contributed by atoms with Gasteiger partial charge in [0.1, 0.15) is 0 Å². The molecule has 0 heterocycles. The number of fused-ring (bicyclic) bond motifs is 1. The van der Waals surface area contributed by atoms with Gasteiger partial charge in [0.05, 0.1) is 0 Å². The number of carboxylic acids is 1. The molecule has 1 fully saturated rings. The quantitative estimate of drug-likeness (QED) is 0.570. The molecule has 1 saturated carbocycles. The highest BCUT2D eigenvalue weighted by Crippen LogP contribution is 2.59. The summed E-state index contributed by atoms with van der Waals surface area (Å²) in [4.78, 5) is 21.6. The van der Waals surface area contributed by atoms with Crippen molar-refractivity contribution in [3.05, 3.63) is 11.6 Å². The van der Waals surface area contributed by atoms with Crippen LogP contribution < -0.4 is 0 Å². The Bertz CT molecular complexity index is 352. The summed E-state index contributed by atoms with van der Waals surface area (Å²) in [5, 5.41) is 8.57. The van der Waals surface area contributed by atoms with Gasteiger partial charge in [-0.25, -0.2) is 4.79 Å². The Morgan fingerprint density at radius 3 is 2.67 bits per heavy atom. The number of aliphatic carboxylic acids is 1. The van der Waals surface area contributed by atoms with Crippen LogP contribution in [0.4, 0.5) is 0 Å². The van der Waals surface area contributed by atoms with Crippen LogP contribution in [0.15, 0.2) is 11.6 Å². The summed E-state index contributed by atoms with van der Waals surface area (Å²) in [5.74, 6) is -0.830.